The highest BCUT2D eigenvalue weighted by atomic mass is 127. The Bertz CT molecular complexity index is 417. The van der Waals surface area contributed by atoms with Crippen LogP contribution in [0.25, 0.3) is 0 Å². The highest BCUT2D eigenvalue weighted by Gasteiger charge is 2.12. The minimum absolute atomic E-state index is 0.00685. The fourth-order valence-electron chi connectivity index (χ4n) is 1.16. The summed E-state index contributed by atoms with van der Waals surface area (Å²) in [5.74, 6) is -0.00685. The van der Waals surface area contributed by atoms with Crippen molar-refractivity contribution in [1.29, 1.82) is 0 Å². The predicted molar refractivity (Wildman–Crippen MR) is 65.8 cm³/mol. The van der Waals surface area contributed by atoms with Crippen molar-refractivity contribution in [3.05, 3.63) is 33.4 Å². The molecule has 0 radical (unpaired) electrons. The van der Waals surface area contributed by atoms with Gasteiger partial charge in [-0.2, -0.15) is 0 Å². The Morgan fingerprint density at radius 2 is 2.14 bits per heavy atom. The molecule has 0 spiro atoms. The van der Waals surface area contributed by atoms with Crippen molar-refractivity contribution in [2.75, 3.05) is 12.0 Å². The van der Waals surface area contributed by atoms with Crippen LogP contribution in [0.5, 0.6) is 0 Å². The van der Waals surface area contributed by atoms with Gasteiger partial charge in [-0.1, -0.05) is 12.1 Å². The highest BCUT2D eigenvalue weighted by molar-refractivity contribution is 14.1. The first-order valence-corrected chi connectivity index (χ1v) is 7.21. The van der Waals surface area contributed by atoms with Crippen molar-refractivity contribution in [1.82, 2.24) is 0 Å². The van der Waals surface area contributed by atoms with Crippen LogP contribution >= 0.6 is 22.6 Å². The van der Waals surface area contributed by atoms with Gasteiger partial charge in [0.1, 0.15) is 9.84 Å². The summed E-state index contributed by atoms with van der Waals surface area (Å²) < 4.78 is 23.1. The lowest BCUT2D eigenvalue weighted by atomic mass is 10.1. The van der Waals surface area contributed by atoms with Gasteiger partial charge in [-0.3, -0.25) is 0 Å². The lowest BCUT2D eigenvalue weighted by molar-refractivity contribution is 0.594. The molecule has 1 rings (SSSR count). The average Bonchev–Trinajstić information content (AvgIpc) is 2.01. The third kappa shape index (κ3) is 3.93. The number of nitrogens with two attached hydrogens (primary N) is 1. The van der Waals surface area contributed by atoms with E-state index in [2.05, 4.69) is 22.6 Å². The van der Waals surface area contributed by atoms with Crippen molar-refractivity contribution in [2.24, 2.45) is 5.73 Å². The van der Waals surface area contributed by atoms with Gasteiger partial charge in [0.2, 0.25) is 0 Å². The lowest BCUT2D eigenvalue weighted by Crippen LogP contribution is -2.20. The Balaban J connectivity index is 2.85. The minimum Gasteiger partial charge on any atom is -0.323 e. The van der Waals surface area contributed by atoms with E-state index < -0.39 is 15.9 Å². The van der Waals surface area contributed by atoms with E-state index in [1.165, 1.54) is 6.26 Å². The van der Waals surface area contributed by atoms with Gasteiger partial charge in [0.25, 0.3) is 0 Å². The van der Waals surface area contributed by atoms with Gasteiger partial charge < -0.3 is 5.73 Å². The summed E-state index contributed by atoms with van der Waals surface area (Å²) in [6.45, 7) is 0. The smallest absolute Gasteiger partial charge is 0.149 e. The van der Waals surface area contributed by atoms with Crippen molar-refractivity contribution >= 4 is 32.4 Å². The lowest BCUT2D eigenvalue weighted by Gasteiger charge is -2.10. The molecule has 5 heteroatoms. The third-order valence-corrected chi connectivity index (χ3v) is 3.39. The standard InChI is InChI=1S/C9H12INO2S/c1-14(12,13)6-9(11)7-3-2-4-8(10)5-7/h2-5,9H,6,11H2,1H3/t9-/m0/s1. The van der Waals surface area contributed by atoms with Crippen LogP contribution in [0.3, 0.4) is 0 Å². The first kappa shape index (κ1) is 11.9. The molecule has 0 amide bonds. The number of benzene rings is 1. The maximum atomic E-state index is 11.0. The molecule has 0 heterocycles. The number of hydrogen-bond acceptors (Lipinski definition) is 3. The zero-order valence-corrected chi connectivity index (χ0v) is 10.7. The summed E-state index contributed by atoms with van der Waals surface area (Å²) in [4.78, 5) is 0. The second-order valence-corrected chi connectivity index (χ2v) is 6.68. The Morgan fingerprint density at radius 3 is 2.64 bits per heavy atom. The fraction of sp³-hybridized carbons (Fsp3) is 0.333. The van der Waals surface area contributed by atoms with E-state index in [0.29, 0.717) is 0 Å². The highest BCUT2D eigenvalue weighted by Crippen LogP contribution is 2.15. The molecule has 1 atom stereocenters. The largest absolute Gasteiger partial charge is 0.323 e. The van der Waals surface area contributed by atoms with Gasteiger partial charge in [-0.05, 0) is 40.3 Å². The van der Waals surface area contributed by atoms with Gasteiger partial charge >= 0.3 is 0 Å². The van der Waals surface area contributed by atoms with Crippen LogP contribution in [0.1, 0.15) is 11.6 Å². The van der Waals surface area contributed by atoms with Crippen LogP contribution < -0.4 is 5.73 Å². The van der Waals surface area contributed by atoms with E-state index >= 15 is 0 Å². The van der Waals surface area contributed by atoms with Crippen LogP contribution in [-0.2, 0) is 9.84 Å². The van der Waals surface area contributed by atoms with E-state index in [1.807, 2.05) is 24.3 Å². The van der Waals surface area contributed by atoms with Gasteiger partial charge in [0.05, 0.1) is 5.75 Å². The number of hydrogen-bond donors (Lipinski definition) is 1. The Hall–Kier alpha value is -0.140. The molecule has 1 aromatic carbocycles. The maximum absolute atomic E-state index is 11.0. The van der Waals surface area contributed by atoms with Crippen LogP contribution in [0.4, 0.5) is 0 Å². The van der Waals surface area contributed by atoms with E-state index in [-0.39, 0.29) is 5.75 Å². The van der Waals surface area contributed by atoms with Crippen LogP contribution in [-0.4, -0.2) is 20.4 Å². The zero-order valence-electron chi connectivity index (χ0n) is 7.77. The van der Waals surface area contributed by atoms with E-state index in [0.717, 1.165) is 9.13 Å². The molecule has 0 saturated heterocycles. The van der Waals surface area contributed by atoms with Gasteiger partial charge in [0.15, 0.2) is 0 Å². The number of sulfone groups is 1. The monoisotopic (exact) mass is 325 g/mol. The minimum atomic E-state index is -3.01. The summed E-state index contributed by atoms with van der Waals surface area (Å²) >= 11 is 2.17. The van der Waals surface area contributed by atoms with Crippen molar-refractivity contribution in [2.45, 2.75) is 6.04 Å². The summed E-state index contributed by atoms with van der Waals surface area (Å²) in [5, 5.41) is 0. The molecule has 0 bridgehead atoms. The molecular formula is C9H12INO2S. The first-order valence-electron chi connectivity index (χ1n) is 4.07. The van der Waals surface area contributed by atoms with Crippen LogP contribution in [0.15, 0.2) is 24.3 Å². The molecule has 2 N–H and O–H groups in total. The van der Waals surface area contributed by atoms with Crippen molar-refractivity contribution < 1.29 is 8.42 Å². The molecule has 0 aliphatic carbocycles. The molecule has 0 fully saturated rings. The summed E-state index contributed by atoms with van der Waals surface area (Å²) in [6.07, 6.45) is 1.20. The first-order chi connectivity index (χ1) is 6.38. The quantitative estimate of drug-likeness (QED) is 0.853. The number of halogens is 1. The molecule has 1 aromatic rings. The maximum Gasteiger partial charge on any atom is 0.149 e. The predicted octanol–water partition coefficient (Wildman–Crippen LogP) is 1.34. The molecule has 0 aliphatic rings. The fourth-order valence-corrected chi connectivity index (χ4v) is 2.57. The summed E-state index contributed by atoms with van der Waals surface area (Å²) in [5.41, 5.74) is 6.63. The Labute approximate surface area is 97.8 Å². The Kier molecular flexibility index (Phi) is 3.91. The van der Waals surface area contributed by atoms with Gasteiger partial charge in [0, 0.05) is 15.9 Å². The van der Waals surface area contributed by atoms with Gasteiger partial charge in [-0.15, -0.1) is 0 Å². The topological polar surface area (TPSA) is 60.2 Å². The summed E-state index contributed by atoms with van der Waals surface area (Å²) in [7, 11) is -3.01. The molecule has 0 saturated carbocycles. The Morgan fingerprint density at radius 1 is 1.50 bits per heavy atom. The normalized spacial score (nSPS) is 13.9. The average molecular weight is 325 g/mol. The van der Waals surface area contributed by atoms with Crippen molar-refractivity contribution in [3.63, 3.8) is 0 Å². The van der Waals surface area contributed by atoms with E-state index in [1.54, 1.807) is 0 Å². The SMILES string of the molecule is CS(=O)(=O)C[C@H](N)c1cccc(I)c1. The summed E-state index contributed by atoms with van der Waals surface area (Å²) in [6, 6.07) is 7.13. The third-order valence-electron chi connectivity index (χ3n) is 1.76. The van der Waals surface area contributed by atoms with Gasteiger partial charge in [-0.25, -0.2) is 8.42 Å². The molecule has 0 aliphatic heterocycles. The molecule has 3 nitrogen and oxygen atoms in total. The van der Waals surface area contributed by atoms with Crippen LogP contribution in [0, 0.1) is 3.57 Å². The van der Waals surface area contributed by atoms with E-state index in [9.17, 15) is 8.42 Å². The second-order valence-electron chi connectivity index (χ2n) is 3.25. The molecule has 14 heavy (non-hydrogen) atoms. The molecule has 0 aromatic heterocycles. The second kappa shape index (κ2) is 4.59. The van der Waals surface area contributed by atoms with E-state index in [4.69, 9.17) is 5.73 Å². The van der Waals surface area contributed by atoms with Crippen LogP contribution in [0.2, 0.25) is 0 Å². The van der Waals surface area contributed by atoms with Crippen molar-refractivity contribution in [3.8, 4) is 0 Å². The molecule has 0 unspecified atom stereocenters. The molecular weight excluding hydrogens is 313 g/mol. The molecule has 78 valence electrons. The number of rotatable bonds is 3. The zero-order chi connectivity index (χ0) is 10.8.